The lowest BCUT2D eigenvalue weighted by molar-refractivity contribution is 0.102. The van der Waals surface area contributed by atoms with Gasteiger partial charge in [0.15, 0.2) is 16.6 Å². The molecule has 8 heteroatoms. The smallest absolute Gasteiger partial charge is 0.276 e. The third kappa shape index (κ3) is 4.22. The summed E-state index contributed by atoms with van der Waals surface area (Å²) in [5, 5.41) is 14.3. The third-order valence-electron chi connectivity index (χ3n) is 4.42. The van der Waals surface area contributed by atoms with E-state index in [-0.39, 0.29) is 5.91 Å². The summed E-state index contributed by atoms with van der Waals surface area (Å²) < 4.78 is 0. The maximum absolute atomic E-state index is 12.3. The Balaban J connectivity index is 1.39. The summed E-state index contributed by atoms with van der Waals surface area (Å²) in [4.78, 5) is 21.2. The van der Waals surface area contributed by atoms with Gasteiger partial charge in [-0.2, -0.15) is 0 Å². The van der Waals surface area contributed by atoms with E-state index in [9.17, 15) is 4.79 Å². The molecule has 1 aliphatic rings. The molecular weight excluding hydrogens is 360 g/mol. The van der Waals surface area contributed by atoms with Crippen molar-refractivity contribution in [3.63, 3.8) is 0 Å². The minimum Gasteiger partial charge on any atom is -0.353 e. The minimum absolute atomic E-state index is 0.258. The number of nitrogens with zero attached hydrogens (tertiary/aromatic N) is 5. The van der Waals surface area contributed by atoms with Crippen LogP contribution in [0.25, 0.3) is 0 Å². The van der Waals surface area contributed by atoms with Crippen molar-refractivity contribution >= 4 is 33.9 Å². The summed E-state index contributed by atoms with van der Waals surface area (Å²) in [5.41, 5.74) is 1.05. The first kappa shape index (κ1) is 17.4. The molecule has 0 aliphatic carbocycles. The lowest BCUT2D eigenvalue weighted by atomic mass is 10.3. The molecule has 2 aromatic heterocycles. The van der Waals surface area contributed by atoms with Crippen LogP contribution in [0.3, 0.4) is 0 Å². The van der Waals surface area contributed by atoms with Gasteiger partial charge in [0.1, 0.15) is 0 Å². The van der Waals surface area contributed by atoms with Crippen molar-refractivity contribution < 1.29 is 4.79 Å². The molecule has 0 spiro atoms. The van der Waals surface area contributed by atoms with E-state index in [1.807, 2.05) is 48.0 Å². The lowest BCUT2D eigenvalue weighted by Gasteiger charge is -2.22. The van der Waals surface area contributed by atoms with Crippen LogP contribution in [0.4, 0.5) is 16.6 Å². The lowest BCUT2D eigenvalue weighted by Crippen LogP contribution is -2.31. The zero-order valence-electron chi connectivity index (χ0n) is 14.8. The fourth-order valence-electron chi connectivity index (χ4n) is 3.04. The number of para-hydroxylation sites is 1. The average molecular weight is 380 g/mol. The number of hydrogen-bond acceptors (Lipinski definition) is 7. The Labute approximate surface area is 161 Å². The van der Waals surface area contributed by atoms with Gasteiger partial charge in [-0.1, -0.05) is 18.2 Å². The Morgan fingerprint density at radius 2 is 1.78 bits per heavy atom. The normalized spacial score (nSPS) is 14.7. The predicted molar refractivity (Wildman–Crippen MR) is 108 cm³/mol. The van der Waals surface area contributed by atoms with Gasteiger partial charge >= 0.3 is 0 Å². The number of benzene rings is 1. The number of carbonyl (C=O) groups is 1. The van der Waals surface area contributed by atoms with E-state index in [1.165, 1.54) is 0 Å². The summed E-state index contributed by atoms with van der Waals surface area (Å²) in [6, 6.07) is 12.9. The Hall–Kier alpha value is -3.00. The topological polar surface area (TPSA) is 74.2 Å². The summed E-state index contributed by atoms with van der Waals surface area (Å²) >= 11 is 1.67. The molecule has 1 amide bonds. The van der Waals surface area contributed by atoms with Crippen molar-refractivity contribution in [1.82, 2.24) is 15.2 Å². The molecule has 4 rings (SSSR count). The zero-order valence-corrected chi connectivity index (χ0v) is 15.6. The van der Waals surface area contributed by atoms with Gasteiger partial charge in [0, 0.05) is 43.4 Å². The molecule has 0 atom stereocenters. The SMILES string of the molecule is O=C(Nc1ccccc1)c1ccc(N2CCCN(c3nccs3)CC2)nn1. The van der Waals surface area contributed by atoms with E-state index in [2.05, 4.69) is 30.3 Å². The summed E-state index contributed by atoms with van der Waals surface area (Å²) in [6.45, 7) is 3.64. The molecule has 0 unspecified atom stereocenters. The van der Waals surface area contributed by atoms with Crippen LogP contribution in [-0.4, -0.2) is 47.3 Å². The molecule has 1 fully saturated rings. The number of anilines is 3. The summed E-state index contributed by atoms with van der Waals surface area (Å²) in [5.74, 6) is 0.540. The van der Waals surface area contributed by atoms with E-state index in [1.54, 1.807) is 17.4 Å². The van der Waals surface area contributed by atoms with E-state index >= 15 is 0 Å². The molecule has 1 aromatic carbocycles. The van der Waals surface area contributed by atoms with Gasteiger partial charge < -0.3 is 15.1 Å². The van der Waals surface area contributed by atoms with Crippen molar-refractivity contribution in [3.05, 3.63) is 59.7 Å². The minimum atomic E-state index is -0.258. The molecule has 0 bridgehead atoms. The molecule has 7 nitrogen and oxygen atoms in total. The second-order valence-electron chi connectivity index (χ2n) is 6.24. The van der Waals surface area contributed by atoms with Crippen molar-refractivity contribution in [2.24, 2.45) is 0 Å². The molecule has 0 saturated carbocycles. The molecule has 27 heavy (non-hydrogen) atoms. The summed E-state index contributed by atoms with van der Waals surface area (Å²) in [6.07, 6.45) is 2.87. The number of thiazole rings is 1. The largest absolute Gasteiger partial charge is 0.353 e. The van der Waals surface area contributed by atoms with Gasteiger partial charge in [-0.25, -0.2) is 4.98 Å². The van der Waals surface area contributed by atoms with Crippen LogP contribution in [-0.2, 0) is 0 Å². The highest BCUT2D eigenvalue weighted by molar-refractivity contribution is 7.13. The fraction of sp³-hybridized carbons (Fsp3) is 0.263. The number of amides is 1. The second-order valence-corrected chi connectivity index (χ2v) is 7.11. The van der Waals surface area contributed by atoms with Gasteiger partial charge in [0.25, 0.3) is 5.91 Å². The highest BCUT2D eigenvalue weighted by atomic mass is 32.1. The third-order valence-corrected chi connectivity index (χ3v) is 5.26. The highest BCUT2D eigenvalue weighted by Crippen LogP contribution is 2.20. The Kier molecular flexibility index (Phi) is 5.24. The molecule has 3 aromatic rings. The first-order valence-corrected chi connectivity index (χ1v) is 9.77. The van der Waals surface area contributed by atoms with Crippen LogP contribution >= 0.6 is 11.3 Å². The molecule has 1 aliphatic heterocycles. The Morgan fingerprint density at radius 3 is 2.52 bits per heavy atom. The number of nitrogens with one attached hydrogen (secondary N) is 1. The highest BCUT2D eigenvalue weighted by Gasteiger charge is 2.18. The van der Waals surface area contributed by atoms with Gasteiger partial charge in [0.05, 0.1) is 0 Å². The standard InChI is InChI=1S/C19H20N6OS/c26-18(21-15-5-2-1-3-6-15)16-7-8-17(23-22-16)24-10-4-11-25(13-12-24)19-20-9-14-27-19/h1-3,5-9,14H,4,10-13H2,(H,21,26). The van der Waals surface area contributed by atoms with Crippen molar-refractivity contribution in [1.29, 1.82) is 0 Å². The van der Waals surface area contributed by atoms with Gasteiger partial charge in [-0.3, -0.25) is 4.79 Å². The second kappa shape index (κ2) is 8.13. The number of carbonyl (C=O) groups excluding carboxylic acids is 1. The van der Waals surface area contributed by atoms with E-state index < -0.39 is 0 Å². The molecule has 1 saturated heterocycles. The van der Waals surface area contributed by atoms with Gasteiger partial charge in [-0.15, -0.1) is 21.5 Å². The first-order chi connectivity index (χ1) is 13.3. The average Bonchev–Trinajstić information content (AvgIpc) is 3.14. The van der Waals surface area contributed by atoms with Crippen LogP contribution < -0.4 is 15.1 Å². The summed E-state index contributed by atoms with van der Waals surface area (Å²) in [7, 11) is 0. The van der Waals surface area contributed by atoms with Crippen LogP contribution in [0.2, 0.25) is 0 Å². The molecule has 3 heterocycles. The fourth-order valence-corrected chi connectivity index (χ4v) is 3.74. The maximum Gasteiger partial charge on any atom is 0.276 e. The number of aromatic nitrogens is 3. The van der Waals surface area contributed by atoms with Crippen LogP contribution in [0, 0.1) is 0 Å². The van der Waals surface area contributed by atoms with E-state index in [0.717, 1.165) is 49.2 Å². The zero-order chi connectivity index (χ0) is 18.5. The molecule has 0 radical (unpaired) electrons. The Bertz CT molecular complexity index is 869. The monoisotopic (exact) mass is 380 g/mol. The van der Waals surface area contributed by atoms with Crippen LogP contribution in [0.15, 0.2) is 54.0 Å². The number of hydrogen-bond donors (Lipinski definition) is 1. The van der Waals surface area contributed by atoms with Crippen molar-refractivity contribution in [2.75, 3.05) is 41.3 Å². The Morgan fingerprint density at radius 1 is 0.963 bits per heavy atom. The molecule has 138 valence electrons. The maximum atomic E-state index is 12.3. The van der Waals surface area contributed by atoms with Crippen molar-refractivity contribution in [3.8, 4) is 0 Å². The van der Waals surface area contributed by atoms with Gasteiger partial charge in [-0.05, 0) is 30.7 Å². The first-order valence-electron chi connectivity index (χ1n) is 8.89. The van der Waals surface area contributed by atoms with Gasteiger partial charge in [0.2, 0.25) is 0 Å². The van der Waals surface area contributed by atoms with E-state index in [0.29, 0.717) is 5.69 Å². The predicted octanol–water partition coefficient (Wildman–Crippen LogP) is 2.90. The van der Waals surface area contributed by atoms with Crippen molar-refractivity contribution in [2.45, 2.75) is 6.42 Å². The molecule has 1 N–H and O–H groups in total. The van der Waals surface area contributed by atoms with E-state index in [4.69, 9.17) is 0 Å². The number of rotatable bonds is 4. The quantitative estimate of drug-likeness (QED) is 0.750. The van der Waals surface area contributed by atoms with Crippen LogP contribution in [0.5, 0.6) is 0 Å². The van der Waals surface area contributed by atoms with Crippen LogP contribution in [0.1, 0.15) is 16.9 Å². The molecular formula is C19H20N6OS.